The van der Waals surface area contributed by atoms with Gasteiger partial charge in [-0.05, 0) is 92.5 Å². The Morgan fingerprint density at radius 2 is 1.29 bits per heavy atom. The zero-order chi connectivity index (χ0) is 41.0. The van der Waals surface area contributed by atoms with Crippen molar-refractivity contribution in [1.82, 2.24) is 9.80 Å². The number of halogens is 3. The number of likely N-dealkylation sites (tertiary alicyclic amines) is 2. The summed E-state index contributed by atoms with van der Waals surface area (Å²) in [5.41, 5.74) is 2.15. The molecule has 2 N–H and O–H groups in total. The smallest absolute Gasteiger partial charge is 0.509 e. The molecule has 2 aliphatic carbocycles. The first-order valence-corrected chi connectivity index (χ1v) is 31.0. The molecule has 2 saturated heterocycles. The number of nitrogens with zero attached hydrogens (tertiary/aromatic N) is 2. The molecule has 0 spiro atoms. The highest BCUT2D eigenvalue weighted by molar-refractivity contribution is 7.54. The van der Waals surface area contributed by atoms with E-state index in [2.05, 4.69) is 103 Å². The molecular weight excluding hydrogens is 802 g/mol. The van der Waals surface area contributed by atoms with Crippen LogP contribution in [0.2, 0.25) is 36.3 Å². The molecule has 2 heterocycles. The van der Waals surface area contributed by atoms with Crippen LogP contribution in [0.15, 0.2) is 72.0 Å². The molecule has 306 valence electrons. The highest BCUT2D eigenvalue weighted by Crippen LogP contribution is 2.53. The van der Waals surface area contributed by atoms with Crippen molar-refractivity contribution in [2.24, 2.45) is 5.92 Å². The molecule has 7 nitrogen and oxygen atoms in total. The van der Waals surface area contributed by atoms with E-state index in [1.54, 1.807) is 0 Å². The van der Waals surface area contributed by atoms with Crippen LogP contribution in [0, 0.1) is 5.92 Å². The van der Waals surface area contributed by atoms with Gasteiger partial charge in [0.15, 0.2) is 16.6 Å². The first-order chi connectivity index (χ1) is 25.4. The minimum atomic E-state index is -2.01. The van der Waals surface area contributed by atoms with Crippen molar-refractivity contribution in [2.45, 2.75) is 147 Å². The summed E-state index contributed by atoms with van der Waals surface area (Å²) < 4.78 is 13.2. The summed E-state index contributed by atoms with van der Waals surface area (Å²) >= 11 is -1.72. The molecule has 55 heavy (non-hydrogen) atoms. The summed E-state index contributed by atoms with van der Waals surface area (Å²) in [4.78, 5) is 17.2. The van der Waals surface area contributed by atoms with Gasteiger partial charge >= 0.3 is 11.4 Å². The number of hydrogen-bond donors (Lipinski definition) is 2. The normalized spacial score (nSPS) is 22.3. The quantitative estimate of drug-likeness (QED) is 0.133. The lowest BCUT2D eigenvalue weighted by Crippen LogP contribution is -2.50. The molecule has 1 amide bonds. The molecule has 2 atom stereocenters. The fraction of sp³-hybridized carbons (Fsp3) is 0.643. The van der Waals surface area contributed by atoms with Gasteiger partial charge in [-0.2, -0.15) is 0 Å². The Morgan fingerprint density at radius 3 is 1.75 bits per heavy atom. The van der Waals surface area contributed by atoms with Crippen molar-refractivity contribution < 1.29 is 23.9 Å². The van der Waals surface area contributed by atoms with Crippen LogP contribution in [0.4, 0.5) is 0 Å². The van der Waals surface area contributed by atoms with Gasteiger partial charge in [0.1, 0.15) is 11.4 Å². The molecule has 2 unspecified atom stereocenters. The zero-order valence-electron chi connectivity index (χ0n) is 34.9. The van der Waals surface area contributed by atoms with Gasteiger partial charge in [-0.15, -0.1) is 0 Å². The molecule has 4 aliphatic rings. The minimum absolute atomic E-state index is 0.0449. The number of aliphatic hydroxyl groups is 2. The van der Waals surface area contributed by atoms with E-state index in [1.807, 2.05) is 35.2 Å². The summed E-state index contributed by atoms with van der Waals surface area (Å²) in [5.74, 6) is 0.496. The second-order valence-electron chi connectivity index (χ2n) is 19.0. The number of benzene rings is 2. The molecule has 0 bridgehead atoms. The standard InChI is InChI=1S/C21H31NO3Si.C21H35NO2Si.Al.3ClH/c1-20(2,3)26(4,5)25-21(12-13-21)18(23)17-11-14-22(19(17)24)15-16-9-7-6-8-10-16;1-20(2,3)25(4,5)24-21(12-13-21)19(23)18-11-14-22(16-18)15-17-9-7-6-8-10-17;;;;/h6-10,23H,11-15H2,1-5H3;6-10,18-19,23H,11-16H2,1-5H3;;3*1H/q;;+3;;;/p-3/b18-17-;;;;;. The van der Waals surface area contributed by atoms with Crippen molar-refractivity contribution >= 4 is 64.1 Å². The van der Waals surface area contributed by atoms with Crippen LogP contribution in [-0.4, -0.2) is 90.9 Å². The lowest BCUT2D eigenvalue weighted by molar-refractivity contribution is -0.125. The first kappa shape index (κ1) is 46.8. The van der Waals surface area contributed by atoms with Crippen LogP contribution in [0.3, 0.4) is 0 Å². The SMILES string of the molecule is CC(C)(C)[Si](C)(C)OC1(/C(O)=C2\CCN(Cc3ccccc3)C2=O)CC1.CC(C)(C)[Si](C)(C)OC1(C(O)C2CCN(Cc3ccccc3)C2)CC1.[Cl][Al]([Cl])[Cl]. The zero-order valence-corrected chi connectivity index (χ0v) is 40.4. The Balaban J connectivity index is 0.000000223. The largest absolute Gasteiger partial charge is 0.643 e. The molecular formula is C42H66AlCl3N2O5Si2. The third kappa shape index (κ3) is 12.6. The summed E-state index contributed by atoms with van der Waals surface area (Å²) in [7, 11) is 11.0. The molecule has 2 aromatic carbocycles. The Labute approximate surface area is 351 Å². The van der Waals surface area contributed by atoms with Gasteiger partial charge in [0.05, 0.1) is 17.3 Å². The summed E-state index contributed by atoms with van der Waals surface area (Å²) in [5, 5.41) is 22.3. The number of carbonyl (C=O) groups excluding carboxylic acids is 1. The molecule has 4 fully saturated rings. The maximum atomic E-state index is 12.9. The molecule has 2 aromatic rings. The number of amides is 1. The lowest BCUT2D eigenvalue weighted by Gasteiger charge is -2.42. The molecule has 13 heteroatoms. The second-order valence-corrected chi connectivity index (χ2v) is 34.9. The monoisotopic (exact) mass is 866 g/mol. The number of aliphatic hydroxyl groups excluding tert-OH is 2. The molecule has 2 saturated carbocycles. The van der Waals surface area contributed by atoms with Crippen LogP contribution >= 0.6 is 30.1 Å². The van der Waals surface area contributed by atoms with E-state index in [4.69, 9.17) is 39.0 Å². The van der Waals surface area contributed by atoms with Gasteiger partial charge in [0, 0.05) is 32.1 Å². The van der Waals surface area contributed by atoms with Gasteiger partial charge < -0.3 is 24.0 Å². The van der Waals surface area contributed by atoms with Gasteiger partial charge in [-0.25, -0.2) is 30.1 Å². The predicted molar refractivity (Wildman–Crippen MR) is 236 cm³/mol. The van der Waals surface area contributed by atoms with Crippen molar-refractivity contribution in [3.05, 3.63) is 83.1 Å². The van der Waals surface area contributed by atoms with Gasteiger partial charge in [-0.1, -0.05) is 102 Å². The van der Waals surface area contributed by atoms with Crippen LogP contribution < -0.4 is 0 Å². The van der Waals surface area contributed by atoms with Gasteiger partial charge in [0.25, 0.3) is 5.91 Å². The van der Waals surface area contributed by atoms with E-state index in [0.29, 0.717) is 31.0 Å². The average Bonchev–Trinajstić information content (AvgIpc) is 3.96. The predicted octanol–water partition coefficient (Wildman–Crippen LogP) is 10.9. The number of carbonyl (C=O) groups is 1. The van der Waals surface area contributed by atoms with E-state index < -0.39 is 33.6 Å². The van der Waals surface area contributed by atoms with Crippen LogP contribution in [0.25, 0.3) is 0 Å². The molecule has 0 aromatic heterocycles. The van der Waals surface area contributed by atoms with Crippen LogP contribution in [0.5, 0.6) is 0 Å². The van der Waals surface area contributed by atoms with Gasteiger partial charge in [-0.3, -0.25) is 9.69 Å². The fourth-order valence-corrected chi connectivity index (χ4v) is 10.2. The molecule has 0 radical (unpaired) electrons. The van der Waals surface area contributed by atoms with Crippen molar-refractivity contribution in [1.29, 1.82) is 0 Å². The first-order valence-electron chi connectivity index (χ1n) is 19.9. The Kier molecular flexibility index (Phi) is 15.8. The van der Waals surface area contributed by atoms with E-state index >= 15 is 0 Å². The number of rotatable bonds is 11. The lowest BCUT2D eigenvalue weighted by atomic mass is 9.95. The van der Waals surface area contributed by atoms with E-state index in [1.165, 1.54) is 5.56 Å². The van der Waals surface area contributed by atoms with Crippen molar-refractivity contribution in [2.75, 3.05) is 19.6 Å². The fourth-order valence-electron chi connectivity index (χ4n) is 7.02. The Morgan fingerprint density at radius 1 is 0.818 bits per heavy atom. The number of hydrogen-bond acceptors (Lipinski definition) is 6. The van der Waals surface area contributed by atoms with E-state index in [0.717, 1.165) is 57.3 Å². The summed E-state index contributed by atoms with van der Waals surface area (Å²) in [6.45, 7) is 26.7. The molecule has 2 aliphatic heterocycles. The average molecular weight is 869 g/mol. The minimum Gasteiger partial charge on any atom is -0.509 e. The Hall–Kier alpha value is -0.874. The van der Waals surface area contributed by atoms with Crippen molar-refractivity contribution in [3.8, 4) is 0 Å². The third-order valence-corrected chi connectivity index (χ3v) is 21.7. The topological polar surface area (TPSA) is 82.5 Å². The van der Waals surface area contributed by atoms with E-state index in [9.17, 15) is 15.0 Å². The highest BCUT2D eigenvalue weighted by atomic mass is 35.8. The maximum absolute atomic E-state index is 12.9. The Bertz CT molecular complexity index is 1590. The maximum Gasteiger partial charge on any atom is 0.643 e. The van der Waals surface area contributed by atoms with Gasteiger partial charge in [0.2, 0.25) is 0 Å². The van der Waals surface area contributed by atoms with Crippen LogP contribution in [-0.2, 0) is 26.7 Å². The van der Waals surface area contributed by atoms with E-state index in [-0.39, 0.29) is 33.4 Å². The molecule has 6 rings (SSSR count). The third-order valence-electron chi connectivity index (χ3n) is 12.6. The summed E-state index contributed by atoms with van der Waals surface area (Å²) in [6, 6.07) is 20.6. The van der Waals surface area contributed by atoms with Crippen molar-refractivity contribution in [3.63, 3.8) is 0 Å². The summed E-state index contributed by atoms with van der Waals surface area (Å²) in [6.07, 6.45) is 5.02. The second kappa shape index (κ2) is 18.6. The van der Waals surface area contributed by atoms with Crippen LogP contribution in [0.1, 0.15) is 91.2 Å². The highest BCUT2D eigenvalue weighted by Gasteiger charge is 2.58.